The number of likely N-dealkylation sites (tertiary alicyclic amines) is 1. The van der Waals surface area contributed by atoms with Gasteiger partial charge in [-0.25, -0.2) is 14.0 Å². The molecule has 1 saturated heterocycles. The van der Waals surface area contributed by atoms with E-state index in [1.807, 2.05) is 30.3 Å². The van der Waals surface area contributed by atoms with Crippen molar-refractivity contribution in [3.05, 3.63) is 69.2 Å². The maximum Gasteiger partial charge on any atom is 0.350 e. The van der Waals surface area contributed by atoms with E-state index in [9.17, 15) is 9.59 Å². The fraction of sp³-hybridized carbons (Fsp3) is 0.316. The molecule has 1 aliphatic heterocycles. The summed E-state index contributed by atoms with van der Waals surface area (Å²) >= 11 is 3.22. The Labute approximate surface area is 164 Å². The number of aromatic nitrogens is 3. The van der Waals surface area contributed by atoms with Gasteiger partial charge in [-0.1, -0.05) is 18.2 Å². The lowest BCUT2D eigenvalue weighted by atomic mass is 9.95. The fourth-order valence-corrected chi connectivity index (χ4v) is 3.80. The van der Waals surface area contributed by atoms with Crippen LogP contribution in [0.4, 0.5) is 0 Å². The Morgan fingerprint density at radius 1 is 1.15 bits per heavy atom. The van der Waals surface area contributed by atoms with Crippen LogP contribution in [0.25, 0.3) is 5.69 Å². The number of piperidine rings is 1. The highest BCUT2D eigenvalue weighted by Crippen LogP contribution is 2.28. The van der Waals surface area contributed by atoms with Crippen LogP contribution >= 0.6 is 15.9 Å². The smallest absolute Gasteiger partial charge is 0.350 e. The van der Waals surface area contributed by atoms with Gasteiger partial charge in [0.15, 0.2) is 10.4 Å². The summed E-state index contributed by atoms with van der Waals surface area (Å²) in [5, 5.41) is 4.48. The number of aryl methyl sites for hydroxylation is 1. The molecule has 0 atom stereocenters. The lowest BCUT2D eigenvalue weighted by Crippen LogP contribution is -2.38. The van der Waals surface area contributed by atoms with Crippen LogP contribution in [-0.4, -0.2) is 38.2 Å². The second-order valence-corrected chi connectivity index (χ2v) is 7.39. The number of hydrogen-bond acceptors (Lipinski definition) is 4. The third kappa shape index (κ3) is 3.37. The number of furan rings is 1. The van der Waals surface area contributed by atoms with Crippen molar-refractivity contribution >= 4 is 21.8 Å². The molecule has 0 radical (unpaired) electrons. The Morgan fingerprint density at radius 3 is 2.48 bits per heavy atom. The minimum atomic E-state index is -0.157. The van der Waals surface area contributed by atoms with Crippen molar-refractivity contribution in [2.75, 3.05) is 13.1 Å². The molecule has 1 amide bonds. The van der Waals surface area contributed by atoms with Crippen molar-refractivity contribution in [3.8, 4) is 5.69 Å². The first-order chi connectivity index (χ1) is 13.0. The standard InChI is InChI=1S/C19H19BrN4O3/c1-22-19(26)24(14-5-3-2-4-6-14)17(21-22)13-9-11-23(12-10-13)18(25)15-7-8-16(20)27-15/h2-8,13H,9-12H2,1H3. The summed E-state index contributed by atoms with van der Waals surface area (Å²) in [7, 11) is 1.67. The largest absolute Gasteiger partial charge is 0.444 e. The van der Waals surface area contributed by atoms with Gasteiger partial charge in [-0.3, -0.25) is 4.79 Å². The molecule has 0 unspecified atom stereocenters. The molecule has 1 fully saturated rings. The molecule has 140 valence electrons. The Bertz CT molecular complexity index is 1010. The molecule has 1 aromatic carbocycles. The number of halogens is 1. The van der Waals surface area contributed by atoms with Gasteiger partial charge in [-0.05, 0) is 53.0 Å². The lowest BCUT2D eigenvalue weighted by Gasteiger charge is -2.31. The first-order valence-electron chi connectivity index (χ1n) is 8.80. The second-order valence-electron chi connectivity index (χ2n) is 6.61. The molecule has 27 heavy (non-hydrogen) atoms. The van der Waals surface area contributed by atoms with Crippen LogP contribution < -0.4 is 5.69 Å². The summed E-state index contributed by atoms with van der Waals surface area (Å²) in [4.78, 5) is 26.9. The number of para-hydroxylation sites is 1. The quantitative estimate of drug-likeness (QED) is 0.640. The molecule has 2 aromatic heterocycles. The van der Waals surface area contributed by atoms with Crippen LogP contribution in [0.5, 0.6) is 0 Å². The summed E-state index contributed by atoms with van der Waals surface area (Å²) in [6.45, 7) is 1.20. The summed E-state index contributed by atoms with van der Waals surface area (Å²) in [6, 6.07) is 12.9. The molecule has 8 heteroatoms. The molecule has 7 nitrogen and oxygen atoms in total. The van der Waals surface area contributed by atoms with Crippen molar-refractivity contribution < 1.29 is 9.21 Å². The average molecular weight is 431 g/mol. The number of benzene rings is 1. The van der Waals surface area contributed by atoms with Gasteiger partial charge in [-0.2, -0.15) is 5.10 Å². The Hall–Kier alpha value is -2.61. The second kappa shape index (κ2) is 7.19. The number of nitrogens with zero attached hydrogens (tertiary/aromatic N) is 4. The van der Waals surface area contributed by atoms with E-state index in [1.165, 1.54) is 4.68 Å². The normalized spacial score (nSPS) is 15.3. The van der Waals surface area contributed by atoms with E-state index in [0.29, 0.717) is 23.5 Å². The van der Waals surface area contributed by atoms with Gasteiger partial charge in [0, 0.05) is 26.1 Å². The van der Waals surface area contributed by atoms with E-state index in [0.717, 1.165) is 24.4 Å². The minimum Gasteiger partial charge on any atom is -0.444 e. The molecule has 0 bridgehead atoms. The number of amides is 1. The topological polar surface area (TPSA) is 73.3 Å². The molecule has 3 heterocycles. The molecule has 1 aliphatic rings. The highest BCUT2D eigenvalue weighted by Gasteiger charge is 2.30. The third-order valence-corrected chi connectivity index (χ3v) is 5.32. The highest BCUT2D eigenvalue weighted by atomic mass is 79.9. The molecular formula is C19H19BrN4O3. The lowest BCUT2D eigenvalue weighted by molar-refractivity contribution is 0.0677. The predicted molar refractivity (Wildman–Crippen MR) is 103 cm³/mol. The summed E-state index contributed by atoms with van der Waals surface area (Å²) in [5.41, 5.74) is 0.652. The molecule has 0 saturated carbocycles. The van der Waals surface area contributed by atoms with E-state index < -0.39 is 0 Å². The van der Waals surface area contributed by atoms with Gasteiger partial charge in [0.05, 0.1) is 5.69 Å². The predicted octanol–water partition coefficient (Wildman–Crippen LogP) is 2.95. The SMILES string of the molecule is Cn1nc(C2CCN(C(=O)c3ccc(Br)o3)CC2)n(-c2ccccc2)c1=O. The Balaban J connectivity index is 1.55. The van der Waals surface area contributed by atoms with Crippen molar-refractivity contribution in [2.24, 2.45) is 7.05 Å². The number of rotatable bonds is 3. The number of carbonyl (C=O) groups excluding carboxylic acids is 1. The molecule has 0 N–H and O–H groups in total. The van der Waals surface area contributed by atoms with Crippen molar-refractivity contribution in [2.45, 2.75) is 18.8 Å². The molecule has 0 aliphatic carbocycles. The van der Waals surface area contributed by atoms with Gasteiger partial charge >= 0.3 is 5.69 Å². The molecular weight excluding hydrogens is 412 g/mol. The van der Waals surface area contributed by atoms with Crippen LogP contribution in [0.2, 0.25) is 0 Å². The zero-order chi connectivity index (χ0) is 19.0. The van der Waals surface area contributed by atoms with Crippen LogP contribution in [-0.2, 0) is 7.05 Å². The van der Waals surface area contributed by atoms with E-state index in [-0.39, 0.29) is 17.5 Å². The van der Waals surface area contributed by atoms with E-state index >= 15 is 0 Å². The van der Waals surface area contributed by atoms with Gasteiger partial charge in [0.1, 0.15) is 5.82 Å². The molecule has 4 rings (SSSR count). The number of hydrogen-bond donors (Lipinski definition) is 0. The van der Waals surface area contributed by atoms with Gasteiger partial charge in [0.25, 0.3) is 5.91 Å². The maximum atomic E-state index is 12.6. The first kappa shape index (κ1) is 17.8. The minimum absolute atomic E-state index is 0.111. The van der Waals surface area contributed by atoms with Crippen molar-refractivity contribution in [1.82, 2.24) is 19.2 Å². The monoisotopic (exact) mass is 430 g/mol. The van der Waals surface area contributed by atoms with Crippen LogP contribution in [0.3, 0.4) is 0 Å². The van der Waals surface area contributed by atoms with Gasteiger partial charge in [-0.15, -0.1) is 0 Å². The van der Waals surface area contributed by atoms with Gasteiger partial charge in [0.2, 0.25) is 0 Å². The zero-order valence-electron chi connectivity index (χ0n) is 14.8. The van der Waals surface area contributed by atoms with Crippen molar-refractivity contribution in [3.63, 3.8) is 0 Å². The van der Waals surface area contributed by atoms with Crippen molar-refractivity contribution in [1.29, 1.82) is 0 Å². The average Bonchev–Trinajstić information content (AvgIpc) is 3.26. The first-order valence-corrected chi connectivity index (χ1v) is 9.60. The number of carbonyl (C=O) groups is 1. The van der Waals surface area contributed by atoms with E-state index in [2.05, 4.69) is 21.0 Å². The third-order valence-electron chi connectivity index (χ3n) is 4.90. The van der Waals surface area contributed by atoms with Crippen LogP contribution in [0.15, 0.2) is 56.3 Å². The maximum absolute atomic E-state index is 12.6. The zero-order valence-corrected chi connectivity index (χ0v) is 16.4. The fourth-order valence-electron chi connectivity index (χ4n) is 3.49. The summed E-state index contributed by atoms with van der Waals surface area (Å²) in [6.07, 6.45) is 1.49. The Kier molecular flexibility index (Phi) is 4.73. The van der Waals surface area contributed by atoms with E-state index in [4.69, 9.17) is 4.42 Å². The molecule has 3 aromatic rings. The highest BCUT2D eigenvalue weighted by molar-refractivity contribution is 9.10. The van der Waals surface area contributed by atoms with E-state index in [1.54, 1.807) is 28.6 Å². The Morgan fingerprint density at radius 2 is 1.85 bits per heavy atom. The molecule has 0 spiro atoms. The van der Waals surface area contributed by atoms with Gasteiger partial charge < -0.3 is 9.32 Å². The summed E-state index contributed by atoms with van der Waals surface area (Å²) < 4.78 is 8.96. The van der Waals surface area contributed by atoms with Crippen LogP contribution in [0, 0.1) is 0 Å². The summed E-state index contributed by atoms with van der Waals surface area (Å²) in [5.74, 6) is 1.09. The van der Waals surface area contributed by atoms with Crippen LogP contribution in [0.1, 0.15) is 35.1 Å².